The van der Waals surface area contributed by atoms with Crippen molar-refractivity contribution in [1.82, 2.24) is 9.62 Å². The monoisotopic (exact) mass is 400 g/mol. The first-order chi connectivity index (χ1) is 13.3. The number of likely N-dealkylation sites (N-methyl/N-ethyl adjacent to an activating group) is 1. The molecule has 3 rings (SSSR count). The van der Waals surface area contributed by atoms with Gasteiger partial charge in [0.1, 0.15) is 5.82 Å². The SMILES string of the molecule is C[C@H](NC(=O)CN(C)S(=O)(=O)c1ccc2ccccc2c1)c1ccc(F)cc1. The molecule has 0 aliphatic carbocycles. The molecule has 5 nitrogen and oxygen atoms in total. The van der Waals surface area contributed by atoms with Crippen LogP contribution in [0.25, 0.3) is 10.8 Å². The van der Waals surface area contributed by atoms with Gasteiger partial charge in [0.25, 0.3) is 0 Å². The first kappa shape index (κ1) is 20.0. The van der Waals surface area contributed by atoms with Crippen molar-refractivity contribution >= 4 is 26.7 Å². The van der Waals surface area contributed by atoms with Crippen LogP contribution >= 0.6 is 0 Å². The fraction of sp³-hybridized carbons (Fsp3) is 0.190. The highest BCUT2D eigenvalue weighted by atomic mass is 32.2. The minimum absolute atomic E-state index is 0.132. The van der Waals surface area contributed by atoms with Crippen molar-refractivity contribution in [2.45, 2.75) is 17.9 Å². The second-order valence-corrected chi connectivity index (χ2v) is 8.66. The number of nitrogens with zero attached hydrogens (tertiary/aromatic N) is 1. The predicted octanol–water partition coefficient (Wildman–Crippen LogP) is 3.48. The number of amides is 1. The number of sulfonamides is 1. The Balaban J connectivity index is 1.70. The lowest BCUT2D eigenvalue weighted by atomic mass is 10.1. The van der Waals surface area contributed by atoms with E-state index in [1.165, 1.54) is 25.2 Å². The number of carbonyl (C=O) groups is 1. The van der Waals surface area contributed by atoms with E-state index < -0.39 is 15.9 Å². The molecule has 0 bridgehead atoms. The third-order valence-electron chi connectivity index (χ3n) is 4.54. The lowest BCUT2D eigenvalue weighted by Crippen LogP contribution is -2.39. The summed E-state index contributed by atoms with van der Waals surface area (Å²) in [6.45, 7) is 1.43. The average molecular weight is 400 g/mol. The van der Waals surface area contributed by atoms with E-state index in [-0.39, 0.29) is 23.3 Å². The van der Waals surface area contributed by atoms with E-state index in [9.17, 15) is 17.6 Å². The highest BCUT2D eigenvalue weighted by molar-refractivity contribution is 7.89. The van der Waals surface area contributed by atoms with Crippen molar-refractivity contribution < 1.29 is 17.6 Å². The van der Waals surface area contributed by atoms with Crippen LogP contribution in [0.4, 0.5) is 4.39 Å². The van der Waals surface area contributed by atoms with Crippen LogP contribution in [0.1, 0.15) is 18.5 Å². The number of hydrogen-bond donors (Lipinski definition) is 1. The summed E-state index contributed by atoms with van der Waals surface area (Å²) in [4.78, 5) is 12.4. The Morgan fingerprint density at radius 3 is 2.36 bits per heavy atom. The molecule has 0 spiro atoms. The lowest BCUT2D eigenvalue weighted by Gasteiger charge is -2.19. The van der Waals surface area contributed by atoms with E-state index in [1.807, 2.05) is 24.3 Å². The smallest absolute Gasteiger partial charge is 0.243 e. The Labute approximate surface area is 163 Å². The van der Waals surface area contributed by atoms with E-state index >= 15 is 0 Å². The van der Waals surface area contributed by atoms with Gasteiger partial charge in [0.2, 0.25) is 15.9 Å². The largest absolute Gasteiger partial charge is 0.348 e. The van der Waals surface area contributed by atoms with Gasteiger partial charge in [0.05, 0.1) is 17.5 Å². The van der Waals surface area contributed by atoms with Crippen LogP contribution < -0.4 is 5.32 Å². The molecule has 0 fully saturated rings. The van der Waals surface area contributed by atoms with Crippen LogP contribution in [0.15, 0.2) is 71.6 Å². The van der Waals surface area contributed by atoms with Crippen LogP contribution in [0, 0.1) is 5.82 Å². The Kier molecular flexibility index (Phi) is 5.76. The molecule has 0 saturated heterocycles. The van der Waals surface area contributed by atoms with Crippen molar-refractivity contribution in [2.75, 3.05) is 13.6 Å². The van der Waals surface area contributed by atoms with Crippen molar-refractivity contribution in [1.29, 1.82) is 0 Å². The maximum absolute atomic E-state index is 13.0. The molecule has 1 atom stereocenters. The van der Waals surface area contributed by atoms with Crippen molar-refractivity contribution in [3.05, 3.63) is 78.1 Å². The fourth-order valence-corrected chi connectivity index (χ4v) is 4.08. The van der Waals surface area contributed by atoms with E-state index in [0.29, 0.717) is 0 Å². The molecule has 3 aromatic carbocycles. The molecule has 0 saturated carbocycles. The van der Waals surface area contributed by atoms with Crippen molar-refractivity contribution in [3.63, 3.8) is 0 Å². The van der Waals surface area contributed by atoms with Gasteiger partial charge in [-0.15, -0.1) is 0 Å². The summed E-state index contributed by atoms with van der Waals surface area (Å²) < 4.78 is 39.6. The Morgan fingerprint density at radius 2 is 1.68 bits per heavy atom. The quantitative estimate of drug-likeness (QED) is 0.689. The maximum atomic E-state index is 13.0. The Hall–Kier alpha value is -2.77. The molecule has 0 heterocycles. The fourth-order valence-electron chi connectivity index (χ4n) is 2.92. The van der Waals surface area contributed by atoms with Gasteiger partial charge in [-0.2, -0.15) is 4.31 Å². The number of rotatable bonds is 6. The Morgan fingerprint density at radius 1 is 1.04 bits per heavy atom. The van der Waals surface area contributed by atoms with Gasteiger partial charge in [-0.3, -0.25) is 4.79 Å². The molecule has 0 unspecified atom stereocenters. The molecule has 0 radical (unpaired) electrons. The van der Waals surface area contributed by atoms with Crippen LogP contribution in [-0.2, 0) is 14.8 Å². The summed E-state index contributed by atoms with van der Waals surface area (Å²) >= 11 is 0. The molecule has 0 aliphatic heterocycles. The molecule has 0 aliphatic rings. The summed E-state index contributed by atoms with van der Waals surface area (Å²) in [5.74, 6) is -0.799. The molecule has 146 valence electrons. The number of benzene rings is 3. The standard InChI is InChI=1S/C21H21FN2O3S/c1-15(16-7-10-19(22)11-8-16)23-21(25)14-24(2)28(26,27)20-12-9-17-5-3-4-6-18(17)13-20/h3-13,15H,14H2,1-2H3,(H,23,25)/t15-/m0/s1. The zero-order valence-corrected chi connectivity index (χ0v) is 16.4. The van der Waals surface area contributed by atoms with E-state index in [2.05, 4.69) is 5.32 Å². The van der Waals surface area contributed by atoms with Gasteiger partial charge in [0, 0.05) is 7.05 Å². The first-order valence-corrected chi connectivity index (χ1v) is 10.2. The summed E-state index contributed by atoms with van der Waals surface area (Å²) in [5.41, 5.74) is 0.731. The van der Waals surface area contributed by atoms with E-state index in [0.717, 1.165) is 20.6 Å². The minimum atomic E-state index is -3.81. The summed E-state index contributed by atoms with van der Waals surface area (Å²) in [6.07, 6.45) is 0. The predicted molar refractivity (Wildman–Crippen MR) is 107 cm³/mol. The Bertz CT molecular complexity index is 1100. The zero-order valence-electron chi connectivity index (χ0n) is 15.6. The lowest BCUT2D eigenvalue weighted by molar-refractivity contribution is -0.121. The molecule has 7 heteroatoms. The van der Waals surface area contributed by atoms with Crippen LogP contribution in [0.2, 0.25) is 0 Å². The highest BCUT2D eigenvalue weighted by Gasteiger charge is 2.24. The van der Waals surface area contributed by atoms with Gasteiger partial charge in [0.15, 0.2) is 0 Å². The third-order valence-corrected chi connectivity index (χ3v) is 6.34. The molecule has 1 N–H and O–H groups in total. The summed E-state index contributed by atoms with van der Waals surface area (Å²) in [7, 11) is -2.44. The second kappa shape index (κ2) is 8.08. The maximum Gasteiger partial charge on any atom is 0.243 e. The number of nitrogens with one attached hydrogen (secondary N) is 1. The van der Waals surface area contributed by atoms with Crippen LogP contribution in [-0.4, -0.2) is 32.2 Å². The summed E-state index contributed by atoms with van der Waals surface area (Å²) in [5, 5.41) is 4.48. The number of fused-ring (bicyclic) bond motifs is 1. The van der Waals surface area contributed by atoms with Gasteiger partial charge >= 0.3 is 0 Å². The average Bonchev–Trinajstić information content (AvgIpc) is 2.67. The molecular weight excluding hydrogens is 379 g/mol. The highest BCUT2D eigenvalue weighted by Crippen LogP contribution is 2.21. The zero-order chi connectivity index (χ0) is 20.3. The molecule has 1 amide bonds. The number of halogens is 1. The van der Waals surface area contributed by atoms with Crippen molar-refractivity contribution in [3.8, 4) is 0 Å². The van der Waals surface area contributed by atoms with E-state index in [1.54, 1.807) is 31.2 Å². The third kappa shape index (κ3) is 4.37. The van der Waals surface area contributed by atoms with Gasteiger partial charge in [-0.25, -0.2) is 12.8 Å². The van der Waals surface area contributed by atoms with Gasteiger partial charge in [-0.05, 0) is 47.5 Å². The van der Waals surface area contributed by atoms with Crippen LogP contribution in [0.3, 0.4) is 0 Å². The minimum Gasteiger partial charge on any atom is -0.348 e. The molecular formula is C21H21FN2O3S. The van der Waals surface area contributed by atoms with Crippen LogP contribution in [0.5, 0.6) is 0 Å². The summed E-state index contributed by atoms with van der Waals surface area (Å²) in [6, 6.07) is 17.8. The van der Waals surface area contributed by atoms with E-state index in [4.69, 9.17) is 0 Å². The topological polar surface area (TPSA) is 66.5 Å². The molecule has 0 aromatic heterocycles. The van der Waals surface area contributed by atoms with Gasteiger partial charge < -0.3 is 5.32 Å². The van der Waals surface area contributed by atoms with Crippen molar-refractivity contribution in [2.24, 2.45) is 0 Å². The normalized spacial score (nSPS) is 12.9. The van der Waals surface area contributed by atoms with Gasteiger partial charge in [-0.1, -0.05) is 42.5 Å². The first-order valence-electron chi connectivity index (χ1n) is 8.77. The molecule has 3 aromatic rings. The molecule has 28 heavy (non-hydrogen) atoms. The number of hydrogen-bond acceptors (Lipinski definition) is 3. The number of carbonyl (C=O) groups excluding carboxylic acids is 1. The second-order valence-electron chi connectivity index (χ2n) is 6.61.